The molecule has 0 saturated carbocycles. The lowest BCUT2D eigenvalue weighted by molar-refractivity contribution is 0.399. The van der Waals surface area contributed by atoms with E-state index in [9.17, 15) is 5.26 Å². The SMILES string of the molecule is CN(C)C=NC1=C(C#N)C(c2cccs2)c2ccc3ccccc3c2O1. The topological polar surface area (TPSA) is 48.6 Å². The monoisotopic (exact) mass is 359 g/mol. The Kier molecular flexibility index (Phi) is 4.19. The maximum absolute atomic E-state index is 9.86. The van der Waals surface area contributed by atoms with Crippen LogP contribution in [0.1, 0.15) is 16.4 Å². The van der Waals surface area contributed by atoms with Crippen molar-refractivity contribution in [2.75, 3.05) is 14.1 Å². The van der Waals surface area contributed by atoms with Crippen LogP contribution in [0.25, 0.3) is 10.8 Å². The van der Waals surface area contributed by atoms with Gasteiger partial charge in [0.2, 0.25) is 5.88 Å². The van der Waals surface area contributed by atoms with Crippen molar-refractivity contribution in [1.29, 1.82) is 5.26 Å². The number of nitriles is 1. The Bertz CT molecular complexity index is 1060. The third kappa shape index (κ3) is 2.75. The maximum atomic E-state index is 9.86. The van der Waals surface area contributed by atoms with E-state index in [-0.39, 0.29) is 5.92 Å². The zero-order valence-corrected chi connectivity index (χ0v) is 15.3. The average Bonchev–Trinajstić information content (AvgIpc) is 3.19. The first-order valence-electron chi connectivity index (χ1n) is 8.27. The minimum atomic E-state index is -0.164. The smallest absolute Gasteiger partial charge is 0.235 e. The van der Waals surface area contributed by atoms with Crippen LogP contribution >= 0.6 is 11.3 Å². The molecule has 1 unspecified atom stereocenters. The molecule has 0 amide bonds. The van der Waals surface area contributed by atoms with Crippen molar-refractivity contribution in [2.45, 2.75) is 5.92 Å². The van der Waals surface area contributed by atoms with Gasteiger partial charge in [0.1, 0.15) is 17.4 Å². The van der Waals surface area contributed by atoms with Gasteiger partial charge in [0.25, 0.3) is 0 Å². The van der Waals surface area contributed by atoms with Gasteiger partial charge in [0, 0.05) is 29.9 Å². The number of fused-ring (bicyclic) bond motifs is 3. The van der Waals surface area contributed by atoms with E-state index < -0.39 is 0 Å². The van der Waals surface area contributed by atoms with Gasteiger partial charge in [-0.15, -0.1) is 11.3 Å². The summed E-state index contributed by atoms with van der Waals surface area (Å²) in [5.41, 5.74) is 1.54. The second kappa shape index (κ2) is 6.66. The van der Waals surface area contributed by atoms with Crippen LogP contribution in [0.3, 0.4) is 0 Å². The largest absolute Gasteiger partial charge is 0.437 e. The van der Waals surface area contributed by atoms with Gasteiger partial charge in [0.05, 0.1) is 12.3 Å². The number of hydrogen-bond donors (Lipinski definition) is 0. The second-order valence-corrected chi connectivity index (χ2v) is 7.27. The van der Waals surface area contributed by atoms with Crippen LogP contribution in [0.5, 0.6) is 5.75 Å². The van der Waals surface area contributed by atoms with Crippen LogP contribution in [0.4, 0.5) is 0 Å². The molecule has 1 aliphatic heterocycles. The molecule has 0 fully saturated rings. The second-order valence-electron chi connectivity index (χ2n) is 6.29. The molecule has 26 heavy (non-hydrogen) atoms. The van der Waals surface area contributed by atoms with E-state index in [0.29, 0.717) is 11.5 Å². The highest BCUT2D eigenvalue weighted by molar-refractivity contribution is 7.10. The molecule has 4 rings (SSSR count). The van der Waals surface area contributed by atoms with Crippen LogP contribution in [0, 0.1) is 11.3 Å². The van der Waals surface area contributed by atoms with Gasteiger partial charge >= 0.3 is 0 Å². The number of ether oxygens (including phenoxy) is 1. The average molecular weight is 359 g/mol. The van der Waals surface area contributed by atoms with Crippen molar-refractivity contribution >= 4 is 28.4 Å². The first-order chi connectivity index (χ1) is 12.7. The molecule has 1 aliphatic rings. The van der Waals surface area contributed by atoms with Gasteiger partial charge in [0.15, 0.2) is 0 Å². The molecule has 0 spiro atoms. The molecular weight excluding hydrogens is 342 g/mol. The summed E-state index contributed by atoms with van der Waals surface area (Å²) in [6.45, 7) is 0. The lowest BCUT2D eigenvalue weighted by atomic mass is 9.86. The first kappa shape index (κ1) is 16.4. The molecule has 2 aromatic carbocycles. The fourth-order valence-corrected chi connectivity index (χ4v) is 4.01. The summed E-state index contributed by atoms with van der Waals surface area (Å²) in [6, 6.07) is 18.7. The zero-order valence-electron chi connectivity index (χ0n) is 14.5. The van der Waals surface area contributed by atoms with Gasteiger partial charge < -0.3 is 9.64 Å². The van der Waals surface area contributed by atoms with Gasteiger partial charge in [-0.25, -0.2) is 4.99 Å². The van der Waals surface area contributed by atoms with E-state index in [2.05, 4.69) is 35.3 Å². The van der Waals surface area contributed by atoms with Gasteiger partial charge in [-0.05, 0) is 16.8 Å². The summed E-state index contributed by atoms with van der Waals surface area (Å²) in [4.78, 5) is 7.37. The molecule has 128 valence electrons. The highest BCUT2D eigenvalue weighted by Crippen LogP contribution is 2.47. The Morgan fingerprint density at radius 1 is 1.15 bits per heavy atom. The molecule has 5 heteroatoms. The number of thiophene rings is 1. The molecule has 0 aliphatic carbocycles. The Labute approximate surface area is 156 Å². The summed E-state index contributed by atoms with van der Waals surface area (Å²) in [5.74, 6) is 0.984. The fraction of sp³-hybridized carbons (Fsp3) is 0.143. The predicted molar refractivity (Wildman–Crippen MR) is 106 cm³/mol. The lowest BCUT2D eigenvalue weighted by Gasteiger charge is -2.26. The molecule has 2 heterocycles. The van der Waals surface area contributed by atoms with Crippen molar-refractivity contribution in [3.63, 3.8) is 0 Å². The van der Waals surface area contributed by atoms with Gasteiger partial charge in [-0.1, -0.05) is 42.5 Å². The summed E-state index contributed by atoms with van der Waals surface area (Å²) in [6.07, 6.45) is 1.66. The molecule has 0 saturated heterocycles. The minimum Gasteiger partial charge on any atom is -0.437 e. The van der Waals surface area contributed by atoms with Crippen molar-refractivity contribution in [2.24, 2.45) is 4.99 Å². The molecule has 1 aromatic heterocycles. The van der Waals surface area contributed by atoms with Crippen LogP contribution in [-0.4, -0.2) is 25.3 Å². The lowest BCUT2D eigenvalue weighted by Crippen LogP contribution is -2.16. The van der Waals surface area contributed by atoms with Crippen LogP contribution in [0.2, 0.25) is 0 Å². The number of nitrogens with zero attached hydrogens (tertiary/aromatic N) is 3. The van der Waals surface area contributed by atoms with E-state index >= 15 is 0 Å². The quantitative estimate of drug-likeness (QED) is 0.501. The van der Waals surface area contributed by atoms with Crippen molar-refractivity contribution < 1.29 is 4.74 Å². The van der Waals surface area contributed by atoms with Crippen molar-refractivity contribution in [3.8, 4) is 11.8 Å². The van der Waals surface area contributed by atoms with Crippen molar-refractivity contribution in [3.05, 3.63) is 75.8 Å². The van der Waals surface area contributed by atoms with E-state index in [1.165, 1.54) is 0 Å². The van der Waals surface area contributed by atoms with E-state index in [1.54, 1.807) is 17.7 Å². The number of hydrogen-bond acceptors (Lipinski definition) is 4. The van der Waals surface area contributed by atoms with Crippen LogP contribution in [-0.2, 0) is 0 Å². The first-order valence-corrected chi connectivity index (χ1v) is 9.15. The van der Waals surface area contributed by atoms with Gasteiger partial charge in [-0.2, -0.15) is 5.26 Å². The zero-order chi connectivity index (χ0) is 18.1. The molecule has 3 aromatic rings. The highest BCUT2D eigenvalue weighted by atomic mass is 32.1. The predicted octanol–water partition coefficient (Wildman–Crippen LogP) is 4.75. The Morgan fingerprint density at radius 3 is 2.73 bits per heavy atom. The Hall–Kier alpha value is -3.10. The molecule has 1 atom stereocenters. The molecule has 0 N–H and O–H groups in total. The number of benzene rings is 2. The van der Waals surface area contributed by atoms with Gasteiger partial charge in [-0.3, -0.25) is 0 Å². The van der Waals surface area contributed by atoms with E-state index in [4.69, 9.17) is 4.74 Å². The van der Waals surface area contributed by atoms with E-state index in [1.807, 2.05) is 48.6 Å². The molecule has 4 nitrogen and oxygen atoms in total. The Morgan fingerprint density at radius 2 is 2.00 bits per heavy atom. The van der Waals surface area contributed by atoms with Crippen molar-refractivity contribution in [1.82, 2.24) is 4.90 Å². The summed E-state index contributed by atoms with van der Waals surface area (Å²) in [7, 11) is 3.78. The standard InChI is InChI=1S/C21H17N3OS/c1-24(2)13-23-21-17(12-22)19(18-8-5-11-26-18)16-10-9-14-6-3-4-7-15(14)20(16)25-21/h3-11,13,19H,1-2H3. The molecule has 0 bridgehead atoms. The van der Waals surface area contributed by atoms with E-state index in [0.717, 1.165) is 27.0 Å². The minimum absolute atomic E-state index is 0.164. The number of allylic oxidation sites excluding steroid dienone is 1. The fourth-order valence-electron chi connectivity index (χ4n) is 3.16. The van der Waals surface area contributed by atoms with Crippen LogP contribution < -0.4 is 4.74 Å². The molecular formula is C21H17N3OS. The third-order valence-electron chi connectivity index (χ3n) is 4.29. The molecule has 0 radical (unpaired) electrons. The van der Waals surface area contributed by atoms with Crippen LogP contribution in [0.15, 0.2) is 70.4 Å². The summed E-state index contributed by atoms with van der Waals surface area (Å²) < 4.78 is 6.16. The Balaban J connectivity index is 1.98. The summed E-state index contributed by atoms with van der Waals surface area (Å²) >= 11 is 1.64. The number of aliphatic imine (C=N–C) groups is 1. The normalized spacial score (nSPS) is 16.4. The number of rotatable bonds is 3. The third-order valence-corrected chi connectivity index (χ3v) is 5.23. The summed E-state index contributed by atoms with van der Waals surface area (Å²) in [5, 5.41) is 14.0. The highest BCUT2D eigenvalue weighted by Gasteiger charge is 2.33. The maximum Gasteiger partial charge on any atom is 0.235 e.